The van der Waals surface area contributed by atoms with Gasteiger partial charge in [0.25, 0.3) is 0 Å². The molecule has 0 atom stereocenters. The van der Waals surface area contributed by atoms with E-state index in [9.17, 15) is 0 Å². The van der Waals surface area contributed by atoms with Gasteiger partial charge in [-0.2, -0.15) is 0 Å². The van der Waals surface area contributed by atoms with Crippen LogP contribution in [0, 0.1) is 0 Å². The topological polar surface area (TPSA) is 12.4 Å². The molecule has 1 rings (SSSR count). The second-order valence-electron chi connectivity index (χ2n) is 3.58. The molecule has 1 aliphatic rings. The molecule has 1 aliphatic heterocycles. The smallest absolute Gasteiger partial charge is 0.101 e. The number of rotatable bonds is 2. The van der Waals surface area contributed by atoms with E-state index in [1.807, 2.05) is 11.8 Å². The Bertz CT molecular complexity index is 168. The predicted octanol–water partition coefficient (Wildman–Crippen LogP) is 3.10. The first-order valence-corrected chi connectivity index (χ1v) is 5.12. The van der Waals surface area contributed by atoms with Crippen LogP contribution < -0.4 is 0 Å². The minimum absolute atomic E-state index is 0.117. The van der Waals surface area contributed by atoms with Crippen LogP contribution in [0.25, 0.3) is 0 Å². The summed E-state index contributed by atoms with van der Waals surface area (Å²) in [5.74, 6) is 0. The van der Waals surface area contributed by atoms with Gasteiger partial charge in [0.05, 0.1) is 4.75 Å². The standard InChI is InChI=1S/C9H17NS/c1-5-9(6-2)7-10-8(3,4)11-9/h7H,5-6H2,1-4H3. The van der Waals surface area contributed by atoms with E-state index in [0.717, 1.165) is 0 Å². The molecule has 0 aromatic rings. The van der Waals surface area contributed by atoms with Crippen LogP contribution in [0.2, 0.25) is 0 Å². The van der Waals surface area contributed by atoms with E-state index in [0.29, 0.717) is 4.75 Å². The molecule has 0 N–H and O–H groups in total. The summed E-state index contributed by atoms with van der Waals surface area (Å²) in [6.45, 7) is 8.84. The van der Waals surface area contributed by atoms with Crippen molar-refractivity contribution in [3.63, 3.8) is 0 Å². The quantitative estimate of drug-likeness (QED) is 0.622. The monoisotopic (exact) mass is 171 g/mol. The zero-order valence-corrected chi connectivity index (χ0v) is 8.66. The Kier molecular flexibility index (Phi) is 2.33. The Balaban J connectivity index is 2.73. The van der Waals surface area contributed by atoms with Crippen molar-refractivity contribution >= 4 is 18.0 Å². The maximum absolute atomic E-state index is 4.50. The molecule has 0 saturated heterocycles. The van der Waals surface area contributed by atoms with Gasteiger partial charge in [-0.3, -0.25) is 4.99 Å². The van der Waals surface area contributed by atoms with E-state index in [4.69, 9.17) is 0 Å². The van der Waals surface area contributed by atoms with E-state index in [1.54, 1.807) is 0 Å². The first-order valence-electron chi connectivity index (χ1n) is 4.30. The molecule has 0 saturated carbocycles. The molecule has 64 valence electrons. The first kappa shape index (κ1) is 9.11. The summed E-state index contributed by atoms with van der Waals surface area (Å²) in [6, 6.07) is 0. The number of aliphatic imine (C=N–C) groups is 1. The van der Waals surface area contributed by atoms with Gasteiger partial charge in [0.1, 0.15) is 4.87 Å². The van der Waals surface area contributed by atoms with Crippen LogP contribution in [0.4, 0.5) is 0 Å². The predicted molar refractivity (Wildman–Crippen MR) is 53.5 cm³/mol. The molecular formula is C9H17NS. The van der Waals surface area contributed by atoms with E-state index in [-0.39, 0.29) is 4.87 Å². The van der Waals surface area contributed by atoms with Crippen molar-refractivity contribution < 1.29 is 0 Å². The maximum Gasteiger partial charge on any atom is 0.101 e. The van der Waals surface area contributed by atoms with E-state index in [1.165, 1.54) is 12.8 Å². The average molecular weight is 171 g/mol. The van der Waals surface area contributed by atoms with Crippen molar-refractivity contribution in [1.82, 2.24) is 0 Å². The summed E-state index contributed by atoms with van der Waals surface area (Å²) >= 11 is 1.99. The first-order chi connectivity index (χ1) is 5.04. The summed E-state index contributed by atoms with van der Waals surface area (Å²) in [4.78, 5) is 4.62. The van der Waals surface area contributed by atoms with Crippen LogP contribution in [0.15, 0.2) is 4.99 Å². The molecule has 0 unspecified atom stereocenters. The zero-order chi connectivity index (χ0) is 8.54. The third kappa shape index (κ3) is 1.78. The van der Waals surface area contributed by atoms with Gasteiger partial charge in [0.2, 0.25) is 0 Å². The summed E-state index contributed by atoms with van der Waals surface area (Å²) in [7, 11) is 0. The molecule has 0 amide bonds. The molecule has 1 nitrogen and oxygen atoms in total. The van der Waals surface area contributed by atoms with E-state index in [2.05, 4.69) is 38.9 Å². The van der Waals surface area contributed by atoms with Crippen LogP contribution in [-0.2, 0) is 0 Å². The third-order valence-electron chi connectivity index (χ3n) is 2.26. The number of hydrogen-bond donors (Lipinski definition) is 0. The fraction of sp³-hybridized carbons (Fsp3) is 0.889. The Morgan fingerprint density at radius 1 is 1.27 bits per heavy atom. The van der Waals surface area contributed by atoms with Gasteiger partial charge in [0, 0.05) is 6.21 Å². The van der Waals surface area contributed by atoms with E-state index >= 15 is 0 Å². The van der Waals surface area contributed by atoms with E-state index < -0.39 is 0 Å². The summed E-state index contributed by atoms with van der Waals surface area (Å²) in [6.07, 6.45) is 4.54. The second kappa shape index (κ2) is 2.81. The lowest BCUT2D eigenvalue weighted by molar-refractivity contribution is 0.709. The van der Waals surface area contributed by atoms with Crippen molar-refractivity contribution in [2.24, 2.45) is 4.99 Å². The number of thioether (sulfide) groups is 1. The van der Waals surface area contributed by atoms with Gasteiger partial charge in [-0.1, -0.05) is 13.8 Å². The highest BCUT2D eigenvalue weighted by Crippen LogP contribution is 2.45. The highest BCUT2D eigenvalue weighted by molar-refractivity contribution is 8.02. The minimum atomic E-state index is 0.117. The van der Waals surface area contributed by atoms with Crippen molar-refractivity contribution in [1.29, 1.82) is 0 Å². The van der Waals surface area contributed by atoms with Crippen LogP contribution in [-0.4, -0.2) is 15.8 Å². The van der Waals surface area contributed by atoms with Crippen molar-refractivity contribution in [2.75, 3.05) is 0 Å². The zero-order valence-electron chi connectivity index (χ0n) is 7.85. The lowest BCUT2D eigenvalue weighted by atomic mass is 10.0. The van der Waals surface area contributed by atoms with Gasteiger partial charge < -0.3 is 0 Å². The molecule has 0 aliphatic carbocycles. The fourth-order valence-corrected chi connectivity index (χ4v) is 2.89. The molecule has 0 bridgehead atoms. The molecule has 0 aromatic heterocycles. The largest absolute Gasteiger partial charge is 0.279 e. The molecule has 1 heterocycles. The third-order valence-corrected chi connectivity index (χ3v) is 3.95. The van der Waals surface area contributed by atoms with Crippen LogP contribution >= 0.6 is 11.8 Å². The summed E-state index contributed by atoms with van der Waals surface area (Å²) < 4.78 is 0.337. The lowest BCUT2D eigenvalue weighted by Gasteiger charge is -2.25. The molecule has 11 heavy (non-hydrogen) atoms. The van der Waals surface area contributed by atoms with Gasteiger partial charge in [-0.15, -0.1) is 11.8 Å². The molecule has 2 heteroatoms. The molecular weight excluding hydrogens is 154 g/mol. The fourth-order valence-electron chi connectivity index (χ4n) is 1.40. The highest BCUT2D eigenvalue weighted by atomic mass is 32.2. The normalized spacial score (nSPS) is 25.8. The van der Waals surface area contributed by atoms with Crippen LogP contribution in [0.5, 0.6) is 0 Å². The minimum Gasteiger partial charge on any atom is -0.279 e. The van der Waals surface area contributed by atoms with Crippen molar-refractivity contribution in [3.05, 3.63) is 0 Å². The average Bonchev–Trinajstić information content (AvgIpc) is 2.28. The summed E-state index contributed by atoms with van der Waals surface area (Å²) in [5, 5.41) is 0. The van der Waals surface area contributed by atoms with Gasteiger partial charge in [0.15, 0.2) is 0 Å². The Hall–Kier alpha value is 0.0200. The summed E-state index contributed by atoms with van der Waals surface area (Å²) in [5.41, 5.74) is 0. The molecule has 0 aromatic carbocycles. The molecule has 0 spiro atoms. The maximum atomic E-state index is 4.50. The second-order valence-corrected chi connectivity index (χ2v) is 5.60. The van der Waals surface area contributed by atoms with Crippen LogP contribution in [0.1, 0.15) is 40.5 Å². The lowest BCUT2D eigenvalue weighted by Crippen LogP contribution is -2.23. The van der Waals surface area contributed by atoms with Gasteiger partial charge >= 0.3 is 0 Å². The number of hydrogen-bond acceptors (Lipinski definition) is 2. The van der Waals surface area contributed by atoms with Gasteiger partial charge in [-0.25, -0.2) is 0 Å². The SMILES string of the molecule is CCC1(CC)C=NC(C)(C)S1. The highest BCUT2D eigenvalue weighted by Gasteiger charge is 2.37. The number of nitrogens with zero attached hydrogens (tertiary/aromatic N) is 1. The molecule has 0 fully saturated rings. The van der Waals surface area contributed by atoms with Gasteiger partial charge in [-0.05, 0) is 26.7 Å². The van der Waals surface area contributed by atoms with Crippen molar-refractivity contribution in [3.8, 4) is 0 Å². The van der Waals surface area contributed by atoms with Crippen LogP contribution in [0.3, 0.4) is 0 Å². The Labute approximate surface area is 73.7 Å². The van der Waals surface area contributed by atoms with Crippen molar-refractivity contribution in [2.45, 2.75) is 50.2 Å². The molecule has 0 radical (unpaired) electrons. The Morgan fingerprint density at radius 3 is 2.00 bits per heavy atom. The Morgan fingerprint density at radius 2 is 1.82 bits per heavy atom.